The second-order valence-electron chi connectivity index (χ2n) is 5.95. The lowest BCUT2D eigenvalue weighted by atomic mass is 10.0. The summed E-state index contributed by atoms with van der Waals surface area (Å²) in [4.78, 5) is 23.9. The minimum atomic E-state index is -0.666. The maximum absolute atomic E-state index is 13.6. The fourth-order valence-electron chi connectivity index (χ4n) is 2.73. The highest BCUT2D eigenvalue weighted by molar-refractivity contribution is 6.31. The van der Waals surface area contributed by atoms with Gasteiger partial charge in [-0.15, -0.1) is 0 Å². The van der Waals surface area contributed by atoms with Crippen molar-refractivity contribution in [1.29, 1.82) is 0 Å². The predicted octanol–water partition coefficient (Wildman–Crippen LogP) is 4.03. The van der Waals surface area contributed by atoms with Crippen LogP contribution in [0.2, 0.25) is 5.02 Å². The minimum Gasteiger partial charge on any atom is -0.459 e. The van der Waals surface area contributed by atoms with Gasteiger partial charge in [0.05, 0.1) is 11.4 Å². The van der Waals surface area contributed by atoms with Crippen molar-refractivity contribution >= 4 is 34.2 Å². The van der Waals surface area contributed by atoms with Crippen LogP contribution in [0, 0.1) is 5.82 Å². The number of hydrogen-bond acceptors (Lipinski definition) is 3. The van der Waals surface area contributed by atoms with Crippen LogP contribution in [0.5, 0.6) is 0 Å². The van der Waals surface area contributed by atoms with Gasteiger partial charge in [0.15, 0.2) is 0 Å². The molecule has 0 saturated carbocycles. The van der Waals surface area contributed by atoms with Gasteiger partial charge in [-0.2, -0.15) is 0 Å². The van der Waals surface area contributed by atoms with Gasteiger partial charge in [0, 0.05) is 5.56 Å². The largest absolute Gasteiger partial charge is 0.459 e. The Morgan fingerprint density at radius 2 is 1.74 bits per heavy atom. The molecule has 138 valence electrons. The smallest absolute Gasteiger partial charge is 0.325 e. The molecule has 0 unspecified atom stereocenters. The maximum atomic E-state index is 13.6. The van der Waals surface area contributed by atoms with E-state index in [1.54, 1.807) is 0 Å². The highest BCUT2D eigenvalue weighted by Gasteiger charge is 2.12. The zero-order chi connectivity index (χ0) is 19.2. The quantitative estimate of drug-likeness (QED) is 0.652. The first-order valence-corrected chi connectivity index (χ1v) is 8.74. The molecular weight excluding hydrogens is 369 g/mol. The van der Waals surface area contributed by atoms with Gasteiger partial charge in [-0.05, 0) is 28.5 Å². The van der Waals surface area contributed by atoms with Crippen molar-refractivity contribution < 1.29 is 18.7 Å². The van der Waals surface area contributed by atoms with Crippen molar-refractivity contribution in [3.63, 3.8) is 0 Å². The van der Waals surface area contributed by atoms with E-state index >= 15 is 0 Å². The van der Waals surface area contributed by atoms with E-state index in [9.17, 15) is 14.0 Å². The van der Waals surface area contributed by atoms with Crippen molar-refractivity contribution in [2.75, 3.05) is 6.54 Å². The summed E-state index contributed by atoms with van der Waals surface area (Å²) in [6, 6.07) is 17.7. The van der Waals surface area contributed by atoms with E-state index < -0.39 is 11.8 Å². The number of carbonyl (C=O) groups excluding carboxylic acids is 2. The standard InChI is InChI=1S/C21H17ClFNO3/c22-18-9-4-10-19(23)17(18)13-27-21(26)12-24-20(25)11-15-7-3-6-14-5-1-2-8-16(14)15/h1-10H,11-13H2,(H,24,25). The average molecular weight is 386 g/mol. The van der Waals surface area contributed by atoms with E-state index in [1.807, 2.05) is 42.5 Å². The van der Waals surface area contributed by atoms with Gasteiger partial charge in [-0.1, -0.05) is 60.1 Å². The molecule has 27 heavy (non-hydrogen) atoms. The minimum absolute atomic E-state index is 0.106. The van der Waals surface area contributed by atoms with Crippen LogP contribution in [0.3, 0.4) is 0 Å². The third-order valence-corrected chi connectivity index (χ3v) is 4.45. The Morgan fingerprint density at radius 1 is 1.00 bits per heavy atom. The summed E-state index contributed by atoms with van der Waals surface area (Å²) in [6.07, 6.45) is 0.147. The number of nitrogens with one attached hydrogen (secondary N) is 1. The molecule has 0 saturated heterocycles. The van der Waals surface area contributed by atoms with E-state index in [1.165, 1.54) is 18.2 Å². The molecule has 1 N–H and O–H groups in total. The predicted molar refractivity (Wildman–Crippen MR) is 102 cm³/mol. The Hall–Kier alpha value is -2.92. The Labute approximate surface area is 160 Å². The van der Waals surface area contributed by atoms with Gasteiger partial charge in [0.25, 0.3) is 0 Å². The lowest BCUT2D eigenvalue weighted by Gasteiger charge is -2.09. The lowest BCUT2D eigenvalue weighted by molar-refractivity contribution is -0.145. The Morgan fingerprint density at radius 3 is 2.56 bits per heavy atom. The summed E-state index contributed by atoms with van der Waals surface area (Å²) in [5.41, 5.74) is 0.978. The monoisotopic (exact) mass is 385 g/mol. The maximum Gasteiger partial charge on any atom is 0.325 e. The summed E-state index contributed by atoms with van der Waals surface area (Å²) in [7, 11) is 0. The fourth-order valence-corrected chi connectivity index (χ4v) is 2.94. The van der Waals surface area contributed by atoms with Gasteiger partial charge >= 0.3 is 5.97 Å². The number of rotatable bonds is 6. The first-order chi connectivity index (χ1) is 13.0. The van der Waals surface area contributed by atoms with Crippen molar-refractivity contribution in [3.05, 3.63) is 82.6 Å². The summed E-state index contributed by atoms with van der Waals surface area (Å²) in [6.45, 7) is -0.584. The molecule has 0 spiro atoms. The van der Waals surface area contributed by atoms with Crippen LogP contribution in [0.4, 0.5) is 4.39 Å². The number of halogens is 2. The Kier molecular flexibility index (Phi) is 6.04. The molecule has 4 nitrogen and oxygen atoms in total. The summed E-state index contributed by atoms with van der Waals surface area (Å²) < 4.78 is 18.6. The fraction of sp³-hybridized carbons (Fsp3) is 0.143. The summed E-state index contributed by atoms with van der Waals surface area (Å²) in [5, 5.41) is 4.74. The Balaban J connectivity index is 1.52. The van der Waals surface area contributed by atoms with E-state index in [4.69, 9.17) is 16.3 Å². The molecule has 0 radical (unpaired) electrons. The number of hydrogen-bond donors (Lipinski definition) is 1. The number of carbonyl (C=O) groups is 2. The lowest BCUT2D eigenvalue weighted by Crippen LogP contribution is -2.31. The molecule has 0 aliphatic heterocycles. The Bertz CT molecular complexity index is 965. The van der Waals surface area contributed by atoms with Gasteiger partial charge in [-0.25, -0.2) is 4.39 Å². The van der Waals surface area contributed by atoms with Crippen LogP contribution >= 0.6 is 11.6 Å². The third kappa shape index (κ3) is 4.83. The van der Waals surface area contributed by atoms with E-state index in [2.05, 4.69) is 5.32 Å². The molecule has 3 rings (SSSR count). The second-order valence-corrected chi connectivity index (χ2v) is 6.36. The molecule has 0 heterocycles. The van der Waals surface area contributed by atoms with Crippen LogP contribution in [-0.4, -0.2) is 18.4 Å². The van der Waals surface area contributed by atoms with Crippen molar-refractivity contribution in [1.82, 2.24) is 5.32 Å². The molecule has 0 atom stereocenters. The number of fused-ring (bicyclic) bond motifs is 1. The highest BCUT2D eigenvalue weighted by Crippen LogP contribution is 2.20. The first kappa shape index (κ1) is 18.9. The van der Waals surface area contributed by atoms with E-state index in [0.717, 1.165) is 16.3 Å². The SMILES string of the molecule is O=C(Cc1cccc2ccccc12)NCC(=O)OCc1c(F)cccc1Cl. The van der Waals surface area contributed by atoms with Crippen LogP contribution in [0.25, 0.3) is 10.8 Å². The third-order valence-electron chi connectivity index (χ3n) is 4.10. The van der Waals surface area contributed by atoms with Crippen molar-refractivity contribution in [2.24, 2.45) is 0 Å². The number of ether oxygens (including phenoxy) is 1. The molecule has 0 bridgehead atoms. The van der Waals surface area contributed by atoms with E-state index in [-0.39, 0.29) is 36.1 Å². The van der Waals surface area contributed by atoms with Gasteiger partial charge in [-0.3, -0.25) is 9.59 Å². The zero-order valence-electron chi connectivity index (χ0n) is 14.4. The zero-order valence-corrected chi connectivity index (χ0v) is 15.1. The van der Waals surface area contributed by atoms with Crippen molar-refractivity contribution in [3.8, 4) is 0 Å². The van der Waals surface area contributed by atoms with E-state index in [0.29, 0.717) is 0 Å². The van der Waals surface area contributed by atoms with Gasteiger partial charge in [0.2, 0.25) is 5.91 Å². The summed E-state index contributed by atoms with van der Waals surface area (Å²) >= 11 is 5.88. The molecule has 3 aromatic carbocycles. The first-order valence-electron chi connectivity index (χ1n) is 8.36. The van der Waals surface area contributed by atoms with Crippen LogP contribution < -0.4 is 5.32 Å². The molecule has 0 aromatic heterocycles. The second kappa shape index (κ2) is 8.64. The van der Waals surface area contributed by atoms with Gasteiger partial charge < -0.3 is 10.1 Å². The number of amides is 1. The molecule has 1 amide bonds. The van der Waals surface area contributed by atoms with Gasteiger partial charge in [0.1, 0.15) is 19.0 Å². The average Bonchev–Trinajstić information content (AvgIpc) is 2.66. The topological polar surface area (TPSA) is 55.4 Å². The molecular formula is C21H17ClFNO3. The van der Waals surface area contributed by atoms with Crippen molar-refractivity contribution in [2.45, 2.75) is 13.0 Å². The molecule has 6 heteroatoms. The van der Waals surface area contributed by atoms with Crippen LogP contribution in [-0.2, 0) is 27.4 Å². The number of benzene rings is 3. The molecule has 0 fully saturated rings. The van der Waals surface area contributed by atoms with Crippen LogP contribution in [0.15, 0.2) is 60.7 Å². The summed E-state index contributed by atoms with van der Waals surface area (Å²) in [5.74, 6) is -1.51. The van der Waals surface area contributed by atoms with Crippen LogP contribution in [0.1, 0.15) is 11.1 Å². The molecule has 0 aliphatic carbocycles. The number of esters is 1. The molecule has 3 aromatic rings. The highest BCUT2D eigenvalue weighted by atomic mass is 35.5. The molecule has 0 aliphatic rings. The normalized spacial score (nSPS) is 10.6.